The summed E-state index contributed by atoms with van der Waals surface area (Å²) in [7, 11) is 0. The van der Waals surface area contributed by atoms with Crippen LogP contribution in [0.2, 0.25) is 0 Å². The number of aryl methyl sites for hydroxylation is 1. The molecule has 0 radical (unpaired) electrons. The highest BCUT2D eigenvalue weighted by molar-refractivity contribution is 5.93. The van der Waals surface area contributed by atoms with E-state index in [2.05, 4.69) is 25.5 Å². The van der Waals surface area contributed by atoms with Gasteiger partial charge in [0.1, 0.15) is 11.6 Å². The van der Waals surface area contributed by atoms with Crippen molar-refractivity contribution in [3.05, 3.63) is 41.2 Å². The summed E-state index contributed by atoms with van der Waals surface area (Å²) in [5, 5.41) is 7.42. The van der Waals surface area contributed by atoms with Crippen LogP contribution in [0.15, 0.2) is 24.3 Å². The van der Waals surface area contributed by atoms with E-state index in [0.717, 1.165) is 49.6 Å². The fourth-order valence-electron chi connectivity index (χ4n) is 4.55. The third-order valence-corrected chi connectivity index (χ3v) is 6.11. The molecule has 2 aliphatic heterocycles. The van der Waals surface area contributed by atoms with E-state index in [0.29, 0.717) is 34.3 Å². The van der Waals surface area contributed by atoms with Gasteiger partial charge in [0.15, 0.2) is 11.5 Å². The van der Waals surface area contributed by atoms with Gasteiger partial charge >= 0.3 is 6.18 Å². The number of alkyl halides is 3. The second-order valence-corrected chi connectivity index (χ2v) is 8.47. The Morgan fingerprint density at radius 3 is 2.78 bits per heavy atom. The topological polar surface area (TPSA) is 92.0 Å². The highest BCUT2D eigenvalue weighted by Crippen LogP contribution is 2.38. The quantitative estimate of drug-likeness (QED) is 0.513. The Kier molecular flexibility index (Phi) is 4.75. The van der Waals surface area contributed by atoms with E-state index in [9.17, 15) is 13.2 Å². The molecule has 32 heavy (non-hydrogen) atoms. The number of halogens is 3. The summed E-state index contributed by atoms with van der Waals surface area (Å²) in [5.74, 6) is 1.95. The Labute approximate surface area is 183 Å². The number of nitrogens with one attached hydrogen (secondary N) is 2. The van der Waals surface area contributed by atoms with Crippen LogP contribution < -0.4 is 21.3 Å². The van der Waals surface area contributed by atoms with Crippen molar-refractivity contribution >= 4 is 34.0 Å². The number of hydrogen-bond acceptors (Lipinski definition) is 7. The molecule has 0 bridgehead atoms. The number of nitrogens with zero attached hydrogens (tertiary/aromatic N) is 4. The summed E-state index contributed by atoms with van der Waals surface area (Å²) in [4.78, 5) is 16.2. The van der Waals surface area contributed by atoms with E-state index >= 15 is 0 Å². The molecule has 168 valence electrons. The van der Waals surface area contributed by atoms with Gasteiger partial charge in [-0.05, 0) is 56.5 Å². The van der Waals surface area contributed by atoms with Gasteiger partial charge in [0, 0.05) is 24.8 Å². The summed E-state index contributed by atoms with van der Waals surface area (Å²) in [6.07, 6.45) is -2.19. The first-order valence-electron chi connectivity index (χ1n) is 10.6. The SMILES string of the molecule is Cc1nc(N[C@H](C)c2cc(N)cc(C(F)(F)F)c2)c2cc3c(nc2n1)N1CCCC1CN3. The van der Waals surface area contributed by atoms with Crippen molar-refractivity contribution in [2.45, 2.75) is 44.9 Å². The number of pyridine rings is 1. The molecule has 0 aliphatic carbocycles. The summed E-state index contributed by atoms with van der Waals surface area (Å²) >= 11 is 0. The zero-order valence-corrected chi connectivity index (χ0v) is 17.8. The number of nitrogen functional groups attached to an aromatic ring is 1. The Balaban J connectivity index is 1.53. The lowest BCUT2D eigenvalue weighted by Crippen LogP contribution is -2.40. The van der Waals surface area contributed by atoms with Crippen molar-refractivity contribution in [2.24, 2.45) is 0 Å². The fraction of sp³-hybridized carbons (Fsp3) is 0.409. The van der Waals surface area contributed by atoms with E-state index in [-0.39, 0.29) is 5.69 Å². The summed E-state index contributed by atoms with van der Waals surface area (Å²) < 4.78 is 39.7. The van der Waals surface area contributed by atoms with Crippen molar-refractivity contribution < 1.29 is 13.2 Å². The number of rotatable bonds is 3. The van der Waals surface area contributed by atoms with Crippen LogP contribution in [-0.2, 0) is 6.18 Å². The van der Waals surface area contributed by atoms with Gasteiger partial charge in [0.05, 0.1) is 22.7 Å². The highest BCUT2D eigenvalue weighted by atomic mass is 19.4. The standard InChI is InChI=1S/C22H24F3N7/c1-11(13-6-14(22(23,24)25)8-15(26)7-13)28-19-17-9-18-21(31-20(17)30-12(2)29-19)32-5-3-4-16(32)10-27-18/h6-9,11,16,27H,3-5,10,26H2,1-2H3,(H,28,29,30,31)/t11-,16?/m1/s1. The third-order valence-electron chi connectivity index (χ3n) is 6.11. The first kappa shape index (κ1) is 20.6. The van der Waals surface area contributed by atoms with Crippen LogP contribution in [-0.4, -0.2) is 34.1 Å². The van der Waals surface area contributed by atoms with Gasteiger partial charge in [-0.3, -0.25) is 0 Å². The molecule has 10 heteroatoms. The zero-order chi connectivity index (χ0) is 22.6. The third kappa shape index (κ3) is 3.63. The Morgan fingerprint density at radius 2 is 2.00 bits per heavy atom. The average molecular weight is 443 g/mol. The molecule has 1 fully saturated rings. The molecule has 4 heterocycles. The maximum atomic E-state index is 13.2. The van der Waals surface area contributed by atoms with Crippen LogP contribution in [0.5, 0.6) is 0 Å². The molecule has 7 nitrogen and oxygen atoms in total. The van der Waals surface area contributed by atoms with Gasteiger partial charge in [-0.1, -0.05) is 0 Å². The molecule has 2 aromatic heterocycles. The van der Waals surface area contributed by atoms with Crippen molar-refractivity contribution in [2.75, 3.05) is 34.4 Å². The number of benzene rings is 1. The van der Waals surface area contributed by atoms with Gasteiger partial charge < -0.3 is 21.3 Å². The van der Waals surface area contributed by atoms with E-state index in [1.54, 1.807) is 19.9 Å². The minimum atomic E-state index is -4.47. The molecule has 2 aliphatic rings. The summed E-state index contributed by atoms with van der Waals surface area (Å²) in [5.41, 5.74) is 6.93. The van der Waals surface area contributed by atoms with Gasteiger partial charge in [-0.2, -0.15) is 13.2 Å². The molecule has 0 saturated carbocycles. The van der Waals surface area contributed by atoms with Crippen LogP contribution >= 0.6 is 0 Å². The number of aromatic nitrogens is 3. The van der Waals surface area contributed by atoms with Crippen LogP contribution in [0, 0.1) is 6.92 Å². The lowest BCUT2D eigenvalue weighted by atomic mass is 10.0. The Bertz CT molecular complexity index is 1190. The molecule has 1 unspecified atom stereocenters. The molecule has 3 aromatic rings. The fourth-order valence-corrected chi connectivity index (χ4v) is 4.55. The first-order chi connectivity index (χ1) is 15.2. The van der Waals surface area contributed by atoms with Crippen molar-refractivity contribution in [3.63, 3.8) is 0 Å². The number of hydrogen-bond donors (Lipinski definition) is 3. The predicted molar refractivity (Wildman–Crippen MR) is 119 cm³/mol. The highest BCUT2D eigenvalue weighted by Gasteiger charge is 2.33. The molecule has 5 rings (SSSR count). The lowest BCUT2D eigenvalue weighted by molar-refractivity contribution is -0.137. The summed E-state index contributed by atoms with van der Waals surface area (Å²) in [6.45, 7) is 5.38. The molecular formula is C22H24F3N7. The van der Waals surface area contributed by atoms with Crippen LogP contribution in [0.25, 0.3) is 11.0 Å². The second kappa shape index (κ2) is 7.39. The molecule has 1 saturated heterocycles. The van der Waals surface area contributed by atoms with Crippen molar-refractivity contribution in [1.82, 2.24) is 15.0 Å². The molecule has 1 aromatic carbocycles. The van der Waals surface area contributed by atoms with Gasteiger partial charge in [0.25, 0.3) is 0 Å². The Hall–Kier alpha value is -3.30. The molecule has 0 amide bonds. The maximum Gasteiger partial charge on any atom is 0.416 e. The number of nitrogens with two attached hydrogens (primary N) is 1. The van der Waals surface area contributed by atoms with E-state index in [1.165, 1.54) is 0 Å². The van der Waals surface area contributed by atoms with Crippen LogP contribution in [0.3, 0.4) is 0 Å². The van der Waals surface area contributed by atoms with E-state index in [1.807, 2.05) is 6.07 Å². The van der Waals surface area contributed by atoms with E-state index in [4.69, 9.17) is 10.7 Å². The van der Waals surface area contributed by atoms with Gasteiger partial charge in [-0.25, -0.2) is 15.0 Å². The smallest absolute Gasteiger partial charge is 0.399 e. The minimum absolute atomic E-state index is 0.0623. The maximum absolute atomic E-state index is 13.2. The second-order valence-electron chi connectivity index (χ2n) is 8.47. The number of fused-ring (bicyclic) bond motifs is 4. The van der Waals surface area contributed by atoms with Crippen molar-refractivity contribution in [1.29, 1.82) is 0 Å². The van der Waals surface area contributed by atoms with Crippen LogP contribution in [0.1, 0.15) is 42.8 Å². The Morgan fingerprint density at radius 1 is 1.19 bits per heavy atom. The number of anilines is 4. The zero-order valence-electron chi connectivity index (χ0n) is 17.8. The molecular weight excluding hydrogens is 419 g/mol. The largest absolute Gasteiger partial charge is 0.416 e. The summed E-state index contributed by atoms with van der Waals surface area (Å²) in [6, 6.07) is 5.54. The molecule has 4 N–H and O–H groups in total. The molecule has 2 atom stereocenters. The van der Waals surface area contributed by atoms with Gasteiger partial charge in [0.2, 0.25) is 0 Å². The predicted octanol–water partition coefficient (Wildman–Crippen LogP) is 4.50. The van der Waals surface area contributed by atoms with Gasteiger partial charge in [-0.15, -0.1) is 0 Å². The lowest BCUT2D eigenvalue weighted by Gasteiger charge is -2.33. The monoisotopic (exact) mass is 443 g/mol. The van der Waals surface area contributed by atoms with Crippen molar-refractivity contribution in [3.8, 4) is 0 Å². The van der Waals surface area contributed by atoms with E-state index < -0.39 is 17.8 Å². The minimum Gasteiger partial charge on any atom is -0.399 e. The average Bonchev–Trinajstić information content (AvgIpc) is 3.21. The molecule has 0 spiro atoms. The normalized spacial score (nSPS) is 18.8. The van der Waals surface area contributed by atoms with Crippen LogP contribution in [0.4, 0.5) is 36.2 Å². The first-order valence-corrected chi connectivity index (χ1v) is 10.6.